The second-order valence-electron chi connectivity index (χ2n) is 7.30. The standard InChI is InChI=1S/C23H44O2/c1-4-7-10-12-13-16-18-22(17-15-11-8-5-2)20-21-25-23(24)19-14-9-6-3/h18H,4-17,19-21H2,1-3H3/b22-18+. The molecule has 0 aromatic carbocycles. The Bertz CT molecular complexity index is 320. The van der Waals surface area contributed by atoms with Crippen molar-refractivity contribution < 1.29 is 9.53 Å². The molecule has 2 nitrogen and oxygen atoms in total. The molecular weight excluding hydrogens is 308 g/mol. The molecule has 0 aliphatic heterocycles. The molecule has 25 heavy (non-hydrogen) atoms. The van der Waals surface area contributed by atoms with E-state index in [1.54, 1.807) is 0 Å². The van der Waals surface area contributed by atoms with Gasteiger partial charge < -0.3 is 4.74 Å². The highest BCUT2D eigenvalue weighted by Crippen LogP contribution is 2.16. The van der Waals surface area contributed by atoms with E-state index in [-0.39, 0.29) is 5.97 Å². The quantitative estimate of drug-likeness (QED) is 0.143. The Morgan fingerprint density at radius 1 is 0.680 bits per heavy atom. The van der Waals surface area contributed by atoms with Crippen molar-refractivity contribution in [1.82, 2.24) is 0 Å². The van der Waals surface area contributed by atoms with Gasteiger partial charge in [0.2, 0.25) is 0 Å². The molecule has 0 saturated carbocycles. The van der Waals surface area contributed by atoms with E-state index in [0.29, 0.717) is 13.0 Å². The van der Waals surface area contributed by atoms with Gasteiger partial charge in [0.15, 0.2) is 0 Å². The Morgan fingerprint density at radius 2 is 1.24 bits per heavy atom. The van der Waals surface area contributed by atoms with Gasteiger partial charge in [0.25, 0.3) is 0 Å². The van der Waals surface area contributed by atoms with Crippen LogP contribution in [0.2, 0.25) is 0 Å². The molecule has 0 unspecified atom stereocenters. The van der Waals surface area contributed by atoms with E-state index < -0.39 is 0 Å². The SMILES string of the molecule is CCCCCCC/C=C(\CCCCCC)CCOC(=O)CCCCC. The summed E-state index contributed by atoms with van der Waals surface area (Å²) < 4.78 is 5.43. The zero-order chi connectivity index (χ0) is 18.6. The number of hydrogen-bond donors (Lipinski definition) is 0. The van der Waals surface area contributed by atoms with Crippen molar-refractivity contribution in [3.8, 4) is 0 Å². The number of rotatable bonds is 18. The smallest absolute Gasteiger partial charge is 0.305 e. The highest BCUT2D eigenvalue weighted by atomic mass is 16.5. The highest BCUT2D eigenvalue weighted by Gasteiger charge is 2.04. The van der Waals surface area contributed by atoms with Crippen molar-refractivity contribution in [2.75, 3.05) is 6.61 Å². The van der Waals surface area contributed by atoms with Gasteiger partial charge in [-0.15, -0.1) is 0 Å². The lowest BCUT2D eigenvalue weighted by molar-refractivity contribution is -0.143. The van der Waals surface area contributed by atoms with Crippen LogP contribution in [0.4, 0.5) is 0 Å². The molecule has 0 fully saturated rings. The molecule has 0 aromatic heterocycles. The van der Waals surface area contributed by atoms with Crippen LogP contribution in [0.5, 0.6) is 0 Å². The highest BCUT2D eigenvalue weighted by molar-refractivity contribution is 5.69. The van der Waals surface area contributed by atoms with E-state index in [9.17, 15) is 4.79 Å². The van der Waals surface area contributed by atoms with Crippen molar-refractivity contribution >= 4 is 5.97 Å². The van der Waals surface area contributed by atoms with E-state index in [4.69, 9.17) is 4.74 Å². The maximum Gasteiger partial charge on any atom is 0.305 e. The molecule has 0 aliphatic rings. The van der Waals surface area contributed by atoms with Crippen molar-refractivity contribution in [2.45, 2.75) is 124 Å². The minimum atomic E-state index is -0.0154. The number of esters is 1. The van der Waals surface area contributed by atoms with Crippen molar-refractivity contribution in [3.63, 3.8) is 0 Å². The molecule has 0 saturated heterocycles. The summed E-state index contributed by atoms with van der Waals surface area (Å²) in [6, 6.07) is 0. The predicted octanol–water partition coefficient (Wildman–Crippen LogP) is 7.76. The van der Waals surface area contributed by atoms with Crippen LogP contribution >= 0.6 is 0 Å². The van der Waals surface area contributed by atoms with Gasteiger partial charge >= 0.3 is 5.97 Å². The average molecular weight is 353 g/mol. The van der Waals surface area contributed by atoms with Crippen molar-refractivity contribution in [1.29, 1.82) is 0 Å². The summed E-state index contributed by atoms with van der Waals surface area (Å²) in [7, 11) is 0. The molecule has 0 radical (unpaired) electrons. The first-order valence-corrected chi connectivity index (χ1v) is 11.1. The number of carbonyl (C=O) groups is 1. The summed E-state index contributed by atoms with van der Waals surface area (Å²) in [5.41, 5.74) is 1.51. The first-order chi connectivity index (χ1) is 12.2. The monoisotopic (exact) mass is 352 g/mol. The third-order valence-corrected chi connectivity index (χ3v) is 4.76. The largest absolute Gasteiger partial charge is 0.465 e. The van der Waals surface area contributed by atoms with Crippen LogP contribution in [0.15, 0.2) is 11.6 Å². The van der Waals surface area contributed by atoms with Gasteiger partial charge in [0.1, 0.15) is 0 Å². The summed E-state index contributed by atoms with van der Waals surface area (Å²) in [5, 5.41) is 0. The number of allylic oxidation sites excluding steroid dienone is 1. The number of ether oxygens (including phenoxy) is 1. The van der Waals surface area contributed by atoms with Gasteiger partial charge in [-0.25, -0.2) is 0 Å². The molecule has 0 spiro atoms. The topological polar surface area (TPSA) is 26.3 Å². The van der Waals surface area contributed by atoms with Gasteiger partial charge in [-0.3, -0.25) is 4.79 Å². The average Bonchev–Trinajstić information content (AvgIpc) is 2.61. The van der Waals surface area contributed by atoms with Gasteiger partial charge in [-0.2, -0.15) is 0 Å². The van der Waals surface area contributed by atoms with Crippen LogP contribution < -0.4 is 0 Å². The third-order valence-electron chi connectivity index (χ3n) is 4.76. The van der Waals surface area contributed by atoms with Gasteiger partial charge in [-0.05, 0) is 32.1 Å². The lowest BCUT2D eigenvalue weighted by Gasteiger charge is -2.09. The Hall–Kier alpha value is -0.790. The Labute approximate surface area is 157 Å². The molecule has 0 aromatic rings. The van der Waals surface area contributed by atoms with Crippen molar-refractivity contribution in [2.24, 2.45) is 0 Å². The molecule has 0 rings (SSSR count). The molecule has 2 heteroatoms. The zero-order valence-corrected chi connectivity index (χ0v) is 17.4. The summed E-state index contributed by atoms with van der Waals surface area (Å²) in [4.78, 5) is 11.7. The second kappa shape index (κ2) is 19.5. The summed E-state index contributed by atoms with van der Waals surface area (Å²) in [5.74, 6) is -0.0154. The van der Waals surface area contributed by atoms with E-state index in [0.717, 1.165) is 25.7 Å². The molecule has 148 valence electrons. The van der Waals surface area contributed by atoms with Crippen LogP contribution in [0.25, 0.3) is 0 Å². The predicted molar refractivity (Wildman–Crippen MR) is 110 cm³/mol. The summed E-state index contributed by atoms with van der Waals surface area (Å²) >= 11 is 0. The first kappa shape index (κ1) is 24.2. The number of hydrogen-bond acceptors (Lipinski definition) is 2. The molecule has 0 N–H and O–H groups in total. The van der Waals surface area contributed by atoms with E-state index in [2.05, 4.69) is 26.8 Å². The van der Waals surface area contributed by atoms with Crippen molar-refractivity contribution in [3.05, 3.63) is 11.6 Å². The van der Waals surface area contributed by atoms with E-state index in [1.807, 2.05) is 0 Å². The summed E-state index contributed by atoms with van der Waals surface area (Å²) in [6.07, 6.45) is 21.5. The Kier molecular flexibility index (Phi) is 18.9. The molecule has 0 aliphatic carbocycles. The number of carbonyl (C=O) groups excluding carboxylic acids is 1. The Balaban J connectivity index is 4.04. The number of unbranched alkanes of at least 4 members (excludes halogenated alkanes) is 10. The Morgan fingerprint density at radius 3 is 1.92 bits per heavy atom. The molecule has 0 bridgehead atoms. The fourth-order valence-electron chi connectivity index (χ4n) is 3.05. The van der Waals surface area contributed by atoms with Crippen LogP contribution in [0, 0.1) is 0 Å². The normalized spacial score (nSPS) is 11.7. The van der Waals surface area contributed by atoms with Gasteiger partial charge in [-0.1, -0.05) is 90.2 Å². The van der Waals surface area contributed by atoms with Gasteiger partial charge in [0.05, 0.1) is 6.61 Å². The van der Waals surface area contributed by atoms with E-state index >= 15 is 0 Å². The zero-order valence-electron chi connectivity index (χ0n) is 17.4. The maximum atomic E-state index is 11.7. The van der Waals surface area contributed by atoms with Crippen LogP contribution in [0.3, 0.4) is 0 Å². The van der Waals surface area contributed by atoms with E-state index in [1.165, 1.54) is 76.2 Å². The van der Waals surface area contributed by atoms with Crippen LogP contribution in [-0.4, -0.2) is 12.6 Å². The first-order valence-electron chi connectivity index (χ1n) is 11.1. The van der Waals surface area contributed by atoms with Gasteiger partial charge in [0, 0.05) is 12.8 Å². The van der Waals surface area contributed by atoms with Crippen LogP contribution in [-0.2, 0) is 9.53 Å². The fourth-order valence-corrected chi connectivity index (χ4v) is 3.05. The minimum Gasteiger partial charge on any atom is -0.465 e. The fraction of sp³-hybridized carbons (Fsp3) is 0.870. The lowest BCUT2D eigenvalue weighted by atomic mass is 10.0. The van der Waals surface area contributed by atoms with Crippen LogP contribution in [0.1, 0.15) is 124 Å². The second-order valence-corrected chi connectivity index (χ2v) is 7.30. The molecule has 0 atom stereocenters. The minimum absolute atomic E-state index is 0.0154. The summed E-state index contributed by atoms with van der Waals surface area (Å²) in [6.45, 7) is 7.24. The lowest BCUT2D eigenvalue weighted by Crippen LogP contribution is -2.06. The molecule has 0 amide bonds. The molecule has 0 heterocycles. The third kappa shape index (κ3) is 17.8. The molecular formula is C23H44O2. The maximum absolute atomic E-state index is 11.7.